The third-order valence-corrected chi connectivity index (χ3v) is 6.74. The molecule has 0 unspecified atom stereocenters. The van der Waals surface area contributed by atoms with Crippen LogP contribution in [0.2, 0.25) is 0 Å². The first kappa shape index (κ1) is 18.6. The standard InChI is InChI=1S/C20H24N2O3S/c1-3-21(4-2)20(23)17-9-11-19(12-10-17)26(24,25)22-14-13-16-7-5-6-8-18(16)15-22/h5-12H,3-4,13-15H2,1-2H3. The molecule has 5 nitrogen and oxygen atoms in total. The van der Waals surface area contributed by atoms with Crippen LogP contribution in [0.3, 0.4) is 0 Å². The van der Waals surface area contributed by atoms with Crippen LogP contribution in [0.25, 0.3) is 0 Å². The molecule has 0 aromatic heterocycles. The number of sulfonamides is 1. The van der Waals surface area contributed by atoms with Crippen molar-refractivity contribution in [2.75, 3.05) is 19.6 Å². The lowest BCUT2D eigenvalue weighted by atomic mass is 10.0. The minimum Gasteiger partial charge on any atom is -0.339 e. The summed E-state index contributed by atoms with van der Waals surface area (Å²) in [4.78, 5) is 14.3. The van der Waals surface area contributed by atoms with Crippen LogP contribution in [-0.4, -0.2) is 43.2 Å². The fraction of sp³-hybridized carbons (Fsp3) is 0.350. The van der Waals surface area contributed by atoms with E-state index in [0.717, 1.165) is 5.56 Å². The molecule has 0 saturated carbocycles. The zero-order valence-electron chi connectivity index (χ0n) is 15.2. The van der Waals surface area contributed by atoms with E-state index in [0.29, 0.717) is 38.2 Å². The molecule has 0 saturated heterocycles. The van der Waals surface area contributed by atoms with E-state index in [4.69, 9.17) is 0 Å². The molecule has 1 aliphatic rings. The Balaban J connectivity index is 1.81. The number of hydrogen-bond donors (Lipinski definition) is 0. The van der Waals surface area contributed by atoms with Crippen molar-refractivity contribution in [1.82, 2.24) is 9.21 Å². The van der Waals surface area contributed by atoms with E-state index in [2.05, 4.69) is 0 Å². The molecular weight excluding hydrogens is 348 g/mol. The lowest BCUT2D eigenvalue weighted by Gasteiger charge is -2.28. The lowest BCUT2D eigenvalue weighted by molar-refractivity contribution is 0.0773. The number of amides is 1. The number of carbonyl (C=O) groups excluding carboxylic acids is 1. The van der Waals surface area contributed by atoms with Gasteiger partial charge in [0.05, 0.1) is 4.90 Å². The van der Waals surface area contributed by atoms with Gasteiger partial charge in [0, 0.05) is 31.7 Å². The molecule has 26 heavy (non-hydrogen) atoms. The number of fused-ring (bicyclic) bond motifs is 1. The van der Waals surface area contributed by atoms with E-state index in [1.807, 2.05) is 38.1 Å². The van der Waals surface area contributed by atoms with Crippen LogP contribution in [0.4, 0.5) is 0 Å². The van der Waals surface area contributed by atoms with Gasteiger partial charge in [0.15, 0.2) is 0 Å². The van der Waals surface area contributed by atoms with Crippen molar-refractivity contribution in [3.05, 3.63) is 65.2 Å². The van der Waals surface area contributed by atoms with Crippen LogP contribution in [0, 0.1) is 0 Å². The molecule has 0 radical (unpaired) electrons. The summed E-state index contributed by atoms with van der Waals surface area (Å²) < 4.78 is 27.4. The molecule has 2 aromatic rings. The molecule has 6 heteroatoms. The highest BCUT2D eigenvalue weighted by atomic mass is 32.2. The molecule has 0 atom stereocenters. The topological polar surface area (TPSA) is 57.7 Å². The Bertz CT molecular complexity index is 888. The molecule has 3 rings (SSSR count). The van der Waals surface area contributed by atoms with Crippen molar-refractivity contribution in [2.24, 2.45) is 0 Å². The second kappa shape index (κ2) is 7.60. The van der Waals surface area contributed by atoms with Crippen LogP contribution in [0.1, 0.15) is 35.3 Å². The summed E-state index contributed by atoms with van der Waals surface area (Å²) in [5.74, 6) is -0.0779. The zero-order valence-corrected chi connectivity index (χ0v) is 16.0. The van der Waals surface area contributed by atoms with Crippen molar-refractivity contribution in [3.63, 3.8) is 0 Å². The number of carbonyl (C=O) groups is 1. The summed E-state index contributed by atoms with van der Waals surface area (Å²) in [7, 11) is -3.57. The van der Waals surface area contributed by atoms with Crippen molar-refractivity contribution in [1.29, 1.82) is 0 Å². The first-order valence-corrected chi connectivity index (χ1v) is 10.4. The summed E-state index contributed by atoms with van der Waals surface area (Å²) in [5, 5.41) is 0. The predicted molar refractivity (Wildman–Crippen MR) is 101 cm³/mol. The second-order valence-electron chi connectivity index (χ2n) is 6.36. The van der Waals surface area contributed by atoms with Gasteiger partial charge in [-0.25, -0.2) is 8.42 Å². The van der Waals surface area contributed by atoms with Gasteiger partial charge in [-0.2, -0.15) is 4.31 Å². The number of hydrogen-bond acceptors (Lipinski definition) is 3. The van der Waals surface area contributed by atoms with E-state index < -0.39 is 10.0 Å². The van der Waals surface area contributed by atoms with Crippen molar-refractivity contribution in [2.45, 2.75) is 31.7 Å². The Hall–Kier alpha value is -2.18. The van der Waals surface area contributed by atoms with Gasteiger partial charge >= 0.3 is 0 Å². The molecule has 0 bridgehead atoms. The van der Waals surface area contributed by atoms with Gasteiger partial charge in [0.25, 0.3) is 5.91 Å². The summed E-state index contributed by atoms with van der Waals surface area (Å²) in [6, 6.07) is 14.2. The van der Waals surface area contributed by atoms with Crippen molar-refractivity contribution < 1.29 is 13.2 Å². The smallest absolute Gasteiger partial charge is 0.253 e. The van der Waals surface area contributed by atoms with Gasteiger partial charge in [-0.3, -0.25) is 4.79 Å². The maximum absolute atomic E-state index is 13.0. The maximum Gasteiger partial charge on any atom is 0.253 e. The van der Waals surface area contributed by atoms with Crippen molar-refractivity contribution in [3.8, 4) is 0 Å². The molecule has 1 aliphatic heterocycles. The van der Waals surface area contributed by atoms with Gasteiger partial charge in [0.2, 0.25) is 10.0 Å². The van der Waals surface area contributed by atoms with Crippen LogP contribution < -0.4 is 0 Å². The van der Waals surface area contributed by atoms with Crippen LogP contribution in [0.5, 0.6) is 0 Å². The largest absolute Gasteiger partial charge is 0.339 e. The third kappa shape index (κ3) is 3.52. The van der Waals surface area contributed by atoms with Crippen molar-refractivity contribution >= 4 is 15.9 Å². The Morgan fingerprint density at radius 3 is 2.23 bits per heavy atom. The number of nitrogens with zero attached hydrogens (tertiary/aromatic N) is 2. The third-order valence-electron chi connectivity index (χ3n) is 4.89. The number of rotatable bonds is 5. The normalized spacial score (nSPS) is 14.7. The van der Waals surface area contributed by atoms with E-state index in [1.165, 1.54) is 22.0 Å². The van der Waals surface area contributed by atoms with E-state index >= 15 is 0 Å². The Labute approximate surface area is 155 Å². The van der Waals surface area contributed by atoms with Gasteiger partial charge in [-0.1, -0.05) is 24.3 Å². The van der Waals surface area contributed by atoms with E-state index in [-0.39, 0.29) is 10.8 Å². The molecule has 0 spiro atoms. The minimum atomic E-state index is -3.57. The highest BCUT2D eigenvalue weighted by molar-refractivity contribution is 7.89. The summed E-state index contributed by atoms with van der Waals surface area (Å²) in [6.07, 6.45) is 0.716. The fourth-order valence-electron chi connectivity index (χ4n) is 3.29. The van der Waals surface area contributed by atoms with Gasteiger partial charge in [0.1, 0.15) is 0 Å². The van der Waals surface area contributed by atoms with Crippen LogP contribution >= 0.6 is 0 Å². The quantitative estimate of drug-likeness (QED) is 0.811. The van der Waals surface area contributed by atoms with E-state index in [9.17, 15) is 13.2 Å². The first-order chi connectivity index (χ1) is 12.5. The average Bonchev–Trinajstić information content (AvgIpc) is 2.68. The lowest BCUT2D eigenvalue weighted by Crippen LogP contribution is -2.36. The molecule has 2 aromatic carbocycles. The molecule has 138 valence electrons. The van der Waals surface area contributed by atoms with Gasteiger partial charge in [-0.15, -0.1) is 0 Å². The highest BCUT2D eigenvalue weighted by Gasteiger charge is 2.28. The molecule has 0 fully saturated rings. The van der Waals surface area contributed by atoms with Crippen LogP contribution in [0.15, 0.2) is 53.4 Å². The average molecular weight is 372 g/mol. The second-order valence-corrected chi connectivity index (χ2v) is 8.30. The predicted octanol–water partition coefficient (Wildman–Crippen LogP) is 2.92. The van der Waals surface area contributed by atoms with Crippen LogP contribution in [-0.2, 0) is 23.0 Å². The molecule has 0 aliphatic carbocycles. The molecule has 0 N–H and O–H groups in total. The van der Waals surface area contributed by atoms with Gasteiger partial charge < -0.3 is 4.90 Å². The van der Waals surface area contributed by atoms with Gasteiger partial charge in [-0.05, 0) is 55.7 Å². The monoisotopic (exact) mass is 372 g/mol. The summed E-state index contributed by atoms with van der Waals surface area (Å²) in [6.45, 7) is 5.96. The fourth-order valence-corrected chi connectivity index (χ4v) is 4.71. The zero-order chi connectivity index (χ0) is 18.7. The first-order valence-electron chi connectivity index (χ1n) is 8.93. The highest BCUT2D eigenvalue weighted by Crippen LogP contribution is 2.25. The Morgan fingerprint density at radius 1 is 1.00 bits per heavy atom. The molecule has 1 amide bonds. The summed E-state index contributed by atoms with van der Waals surface area (Å²) in [5.41, 5.74) is 2.77. The Kier molecular flexibility index (Phi) is 5.44. The van der Waals surface area contributed by atoms with E-state index in [1.54, 1.807) is 17.0 Å². The number of benzene rings is 2. The summed E-state index contributed by atoms with van der Waals surface area (Å²) >= 11 is 0. The SMILES string of the molecule is CCN(CC)C(=O)c1ccc(S(=O)(=O)N2CCc3ccccc3C2)cc1. The molecule has 1 heterocycles. The molecular formula is C20H24N2O3S. The minimum absolute atomic E-state index is 0.0779. The maximum atomic E-state index is 13.0. The Morgan fingerprint density at radius 2 is 1.62 bits per heavy atom.